The van der Waals surface area contributed by atoms with Gasteiger partial charge in [0.1, 0.15) is 5.75 Å². The average Bonchev–Trinajstić information content (AvgIpc) is 3.05. The lowest BCUT2D eigenvalue weighted by Crippen LogP contribution is -2.36. The molecule has 31 heavy (non-hydrogen) atoms. The number of nitrogens with zero attached hydrogens (tertiary/aromatic N) is 3. The lowest BCUT2D eigenvalue weighted by atomic mass is 10.1. The van der Waals surface area contributed by atoms with Crippen molar-refractivity contribution in [1.29, 1.82) is 0 Å². The summed E-state index contributed by atoms with van der Waals surface area (Å²) in [5.41, 5.74) is 1.46. The van der Waals surface area contributed by atoms with E-state index in [1.165, 1.54) is 4.57 Å². The Bertz CT molecular complexity index is 1210. The summed E-state index contributed by atoms with van der Waals surface area (Å²) in [6.45, 7) is 5.06. The molecule has 0 bridgehead atoms. The number of hydrogen-bond acceptors (Lipinski definition) is 5. The summed E-state index contributed by atoms with van der Waals surface area (Å²) >= 11 is 0. The number of carbonyl (C=O) groups excluding carboxylic acids is 1. The van der Waals surface area contributed by atoms with Gasteiger partial charge in [0.15, 0.2) is 0 Å². The van der Waals surface area contributed by atoms with E-state index in [-0.39, 0.29) is 5.91 Å². The van der Waals surface area contributed by atoms with Crippen LogP contribution in [0.4, 0.5) is 5.69 Å². The van der Waals surface area contributed by atoms with Gasteiger partial charge in [-0.1, -0.05) is 0 Å². The molecular weight excluding hydrogens is 396 g/mol. The topological polar surface area (TPSA) is 87.6 Å². The first-order chi connectivity index (χ1) is 15.0. The van der Waals surface area contributed by atoms with Crippen molar-refractivity contribution < 1.29 is 9.53 Å². The summed E-state index contributed by atoms with van der Waals surface area (Å²) < 4.78 is 6.64. The van der Waals surface area contributed by atoms with Crippen LogP contribution in [0.1, 0.15) is 23.7 Å². The second-order valence-corrected chi connectivity index (χ2v) is 7.57. The molecular formula is C23H26N4O4. The number of rotatable bonds is 4. The number of H-pyrrole nitrogens is 1. The molecule has 1 N–H and O–H groups in total. The Hall–Kier alpha value is -3.55. The third kappa shape index (κ3) is 4.05. The molecule has 8 heteroatoms. The van der Waals surface area contributed by atoms with E-state index in [0.717, 1.165) is 30.9 Å². The number of aromatic amines is 1. The van der Waals surface area contributed by atoms with Gasteiger partial charge in [-0.2, -0.15) is 0 Å². The zero-order valence-corrected chi connectivity index (χ0v) is 17.8. The highest BCUT2D eigenvalue weighted by Crippen LogP contribution is 2.21. The average molecular weight is 422 g/mol. The second kappa shape index (κ2) is 8.67. The predicted octanol–water partition coefficient (Wildman–Crippen LogP) is 2.07. The minimum absolute atomic E-state index is 0.0754. The molecule has 1 amide bonds. The van der Waals surface area contributed by atoms with E-state index in [9.17, 15) is 14.4 Å². The first-order valence-corrected chi connectivity index (χ1v) is 10.5. The minimum atomic E-state index is -0.677. The number of ether oxygens (including phenoxy) is 1. The minimum Gasteiger partial charge on any atom is -0.497 e. The Balaban J connectivity index is 1.54. The maximum atomic E-state index is 13.2. The maximum Gasteiger partial charge on any atom is 0.316 e. The normalized spacial score (nSPS) is 14.5. The molecule has 8 nitrogen and oxygen atoms in total. The molecule has 0 atom stereocenters. The number of hydrogen-bond donors (Lipinski definition) is 1. The van der Waals surface area contributed by atoms with Gasteiger partial charge < -0.3 is 24.1 Å². The summed E-state index contributed by atoms with van der Waals surface area (Å²) in [5, 5.41) is 0. The molecule has 4 rings (SSSR count). The maximum absolute atomic E-state index is 13.2. The zero-order chi connectivity index (χ0) is 22.0. The van der Waals surface area contributed by atoms with Gasteiger partial charge in [0.25, 0.3) is 5.91 Å². The monoisotopic (exact) mass is 422 g/mol. The van der Waals surface area contributed by atoms with Crippen LogP contribution in [-0.2, 0) is 6.54 Å². The molecule has 1 saturated heterocycles. The lowest BCUT2D eigenvalue weighted by molar-refractivity contribution is 0.0767. The molecule has 0 saturated carbocycles. The van der Waals surface area contributed by atoms with Gasteiger partial charge in [0, 0.05) is 44.0 Å². The van der Waals surface area contributed by atoms with Gasteiger partial charge in [0.05, 0.1) is 18.1 Å². The van der Waals surface area contributed by atoms with Crippen LogP contribution in [0.2, 0.25) is 0 Å². The number of amides is 1. The molecule has 1 aromatic heterocycles. The van der Waals surface area contributed by atoms with Gasteiger partial charge in [-0.3, -0.25) is 14.4 Å². The first kappa shape index (κ1) is 20.7. The van der Waals surface area contributed by atoms with Crippen molar-refractivity contribution >= 4 is 22.6 Å². The summed E-state index contributed by atoms with van der Waals surface area (Å²) in [5.74, 6) is 0.742. The van der Waals surface area contributed by atoms with Crippen LogP contribution in [0, 0.1) is 0 Å². The number of aromatic nitrogens is 2. The van der Waals surface area contributed by atoms with Crippen molar-refractivity contribution in [2.24, 2.45) is 0 Å². The van der Waals surface area contributed by atoms with E-state index in [2.05, 4.69) is 9.88 Å². The smallest absolute Gasteiger partial charge is 0.316 e. The first-order valence-electron chi connectivity index (χ1n) is 10.5. The number of fused-ring (bicyclic) bond motifs is 1. The second-order valence-electron chi connectivity index (χ2n) is 7.57. The Morgan fingerprint density at radius 1 is 1.03 bits per heavy atom. The summed E-state index contributed by atoms with van der Waals surface area (Å²) in [4.78, 5) is 43.9. The van der Waals surface area contributed by atoms with Crippen molar-refractivity contribution in [3.05, 3.63) is 68.7 Å². The fraction of sp³-hybridized carbons (Fsp3) is 0.348. The summed E-state index contributed by atoms with van der Waals surface area (Å²) in [6.07, 6.45) is 0.859. The van der Waals surface area contributed by atoms with Gasteiger partial charge in [-0.05, 0) is 55.8 Å². The largest absolute Gasteiger partial charge is 0.497 e. The highest BCUT2D eigenvalue weighted by atomic mass is 16.5. The van der Waals surface area contributed by atoms with Crippen molar-refractivity contribution in [3.8, 4) is 5.75 Å². The summed E-state index contributed by atoms with van der Waals surface area (Å²) in [7, 11) is 1.65. The van der Waals surface area contributed by atoms with Crippen LogP contribution >= 0.6 is 0 Å². The van der Waals surface area contributed by atoms with E-state index in [1.807, 2.05) is 36.1 Å². The fourth-order valence-corrected chi connectivity index (χ4v) is 4.08. The molecule has 1 aliphatic heterocycles. The molecule has 0 spiro atoms. The number of aryl methyl sites for hydroxylation is 1. The molecule has 3 aromatic rings. The molecule has 162 valence electrons. The highest BCUT2D eigenvalue weighted by molar-refractivity contribution is 5.97. The molecule has 2 aromatic carbocycles. The fourth-order valence-electron chi connectivity index (χ4n) is 4.08. The zero-order valence-electron chi connectivity index (χ0n) is 17.8. The Labute approximate surface area is 179 Å². The highest BCUT2D eigenvalue weighted by Gasteiger charge is 2.21. The third-order valence-corrected chi connectivity index (χ3v) is 5.76. The van der Waals surface area contributed by atoms with Crippen LogP contribution in [0.3, 0.4) is 0 Å². The molecule has 2 heterocycles. The van der Waals surface area contributed by atoms with E-state index >= 15 is 0 Å². The van der Waals surface area contributed by atoms with Gasteiger partial charge >= 0.3 is 11.1 Å². The van der Waals surface area contributed by atoms with Crippen molar-refractivity contribution in [1.82, 2.24) is 14.5 Å². The van der Waals surface area contributed by atoms with Crippen LogP contribution in [0.25, 0.3) is 11.0 Å². The Morgan fingerprint density at radius 2 is 1.81 bits per heavy atom. The van der Waals surface area contributed by atoms with Crippen molar-refractivity contribution in [3.63, 3.8) is 0 Å². The molecule has 1 fully saturated rings. The van der Waals surface area contributed by atoms with E-state index in [0.29, 0.717) is 36.2 Å². The molecule has 0 aliphatic carbocycles. The SMILES string of the molecule is CCn1c(=O)c(=O)[nH]c2cc(C(=O)N3CCCN(c4ccc(OC)cc4)CC3)ccc21. The third-order valence-electron chi connectivity index (χ3n) is 5.76. The number of methoxy groups -OCH3 is 1. The number of carbonyl (C=O) groups is 1. The van der Waals surface area contributed by atoms with E-state index < -0.39 is 11.1 Å². The van der Waals surface area contributed by atoms with Crippen LogP contribution < -0.4 is 20.8 Å². The lowest BCUT2D eigenvalue weighted by Gasteiger charge is -2.24. The van der Waals surface area contributed by atoms with E-state index in [1.54, 1.807) is 25.3 Å². The van der Waals surface area contributed by atoms with Crippen molar-refractivity contribution in [2.75, 3.05) is 38.2 Å². The molecule has 1 aliphatic rings. The van der Waals surface area contributed by atoms with Crippen LogP contribution in [0.15, 0.2) is 52.1 Å². The van der Waals surface area contributed by atoms with Gasteiger partial charge in [-0.25, -0.2) is 0 Å². The molecule has 0 unspecified atom stereocenters. The number of benzene rings is 2. The van der Waals surface area contributed by atoms with Crippen LogP contribution in [-0.4, -0.2) is 53.6 Å². The Morgan fingerprint density at radius 3 is 2.52 bits per heavy atom. The number of nitrogens with one attached hydrogen (secondary N) is 1. The van der Waals surface area contributed by atoms with Gasteiger partial charge in [-0.15, -0.1) is 0 Å². The number of anilines is 1. The predicted molar refractivity (Wildman–Crippen MR) is 120 cm³/mol. The van der Waals surface area contributed by atoms with E-state index in [4.69, 9.17) is 4.74 Å². The summed E-state index contributed by atoms with van der Waals surface area (Å²) in [6, 6.07) is 13.1. The van der Waals surface area contributed by atoms with Crippen LogP contribution in [0.5, 0.6) is 5.75 Å². The van der Waals surface area contributed by atoms with Gasteiger partial charge in [0.2, 0.25) is 0 Å². The standard InChI is InChI=1S/C23H26N4O4/c1-3-27-20-10-5-16(15-19(20)24-21(28)23(27)30)22(29)26-12-4-11-25(13-14-26)17-6-8-18(31-2)9-7-17/h5-10,15H,3-4,11-14H2,1-2H3,(H,24,28). The van der Waals surface area contributed by atoms with Crippen molar-refractivity contribution in [2.45, 2.75) is 19.9 Å². The Kier molecular flexibility index (Phi) is 5.79. The molecule has 0 radical (unpaired) electrons. The quantitative estimate of drug-likeness (QED) is 0.651.